The smallest absolute Gasteiger partial charge is 0.225 e. The number of halogens is 3. The van der Waals surface area contributed by atoms with Gasteiger partial charge in [0.15, 0.2) is 5.78 Å². The first-order valence-corrected chi connectivity index (χ1v) is 8.69. The Balaban J connectivity index is 1.73. The molecule has 138 valence electrons. The zero-order chi connectivity index (χ0) is 19.1. The zero-order valence-electron chi connectivity index (χ0n) is 14.3. The maximum atomic E-state index is 14.3. The average Bonchev–Trinajstić information content (AvgIpc) is 2.61. The van der Waals surface area contributed by atoms with Gasteiger partial charge in [-0.15, -0.1) is 0 Å². The summed E-state index contributed by atoms with van der Waals surface area (Å²) >= 11 is 0. The van der Waals surface area contributed by atoms with Crippen molar-refractivity contribution in [2.75, 3.05) is 0 Å². The van der Waals surface area contributed by atoms with Gasteiger partial charge < -0.3 is 5.32 Å². The number of carbonyl (C=O) groups excluding carboxylic acids is 2. The van der Waals surface area contributed by atoms with Gasteiger partial charge in [0.2, 0.25) is 5.91 Å². The van der Waals surface area contributed by atoms with E-state index in [4.69, 9.17) is 0 Å². The van der Waals surface area contributed by atoms with Crippen molar-refractivity contribution in [2.24, 2.45) is 0 Å². The molecule has 0 radical (unpaired) electrons. The summed E-state index contributed by atoms with van der Waals surface area (Å²) in [5.41, 5.74) is 1.82. The third kappa shape index (κ3) is 3.27. The van der Waals surface area contributed by atoms with Crippen molar-refractivity contribution in [1.29, 1.82) is 0 Å². The zero-order valence-corrected chi connectivity index (χ0v) is 14.3. The molecule has 1 aliphatic carbocycles. The summed E-state index contributed by atoms with van der Waals surface area (Å²) in [6.07, 6.45) is 0.533. The molecule has 0 aromatic heterocycles. The molecule has 0 bridgehead atoms. The Labute approximate surface area is 153 Å². The largest absolute Gasteiger partial charge is 0.329 e. The van der Waals surface area contributed by atoms with Crippen LogP contribution in [0.1, 0.15) is 42.2 Å². The Bertz CT molecular complexity index is 966. The van der Waals surface area contributed by atoms with Crippen LogP contribution in [-0.2, 0) is 9.59 Å². The minimum absolute atomic E-state index is 0.0612. The van der Waals surface area contributed by atoms with Gasteiger partial charge in [0.05, 0.1) is 0 Å². The van der Waals surface area contributed by atoms with E-state index in [1.165, 1.54) is 18.2 Å². The van der Waals surface area contributed by atoms with E-state index in [0.29, 0.717) is 17.7 Å². The molecule has 0 spiro atoms. The Morgan fingerprint density at radius 1 is 0.852 bits per heavy atom. The number of hydrogen-bond acceptors (Lipinski definition) is 2. The summed E-state index contributed by atoms with van der Waals surface area (Å²) in [4.78, 5) is 25.0. The summed E-state index contributed by atoms with van der Waals surface area (Å²) in [6, 6.07) is 9.09. The first-order valence-electron chi connectivity index (χ1n) is 8.69. The van der Waals surface area contributed by atoms with Crippen LogP contribution in [-0.4, -0.2) is 11.7 Å². The van der Waals surface area contributed by atoms with E-state index < -0.39 is 17.6 Å². The van der Waals surface area contributed by atoms with E-state index in [-0.39, 0.29) is 41.8 Å². The number of carbonyl (C=O) groups is 2. The molecule has 2 aliphatic rings. The predicted octanol–water partition coefficient (Wildman–Crippen LogP) is 4.11. The maximum Gasteiger partial charge on any atom is 0.225 e. The van der Waals surface area contributed by atoms with E-state index in [9.17, 15) is 22.8 Å². The quantitative estimate of drug-likeness (QED) is 0.864. The lowest BCUT2D eigenvalue weighted by Gasteiger charge is -2.34. The van der Waals surface area contributed by atoms with Gasteiger partial charge in [0, 0.05) is 36.1 Å². The van der Waals surface area contributed by atoms with Gasteiger partial charge in [-0.25, -0.2) is 13.2 Å². The fourth-order valence-corrected chi connectivity index (χ4v) is 3.98. The number of nitrogens with one attached hydrogen (secondary N) is 1. The van der Waals surface area contributed by atoms with Gasteiger partial charge in [-0.3, -0.25) is 9.59 Å². The third-order valence-corrected chi connectivity index (χ3v) is 5.22. The third-order valence-electron chi connectivity index (χ3n) is 5.22. The van der Waals surface area contributed by atoms with Crippen molar-refractivity contribution in [3.05, 3.63) is 82.3 Å². The van der Waals surface area contributed by atoms with Crippen LogP contribution in [0.2, 0.25) is 0 Å². The van der Waals surface area contributed by atoms with Crippen LogP contribution < -0.4 is 5.32 Å². The number of amides is 1. The van der Waals surface area contributed by atoms with Crippen LogP contribution >= 0.6 is 0 Å². The second-order valence-electron chi connectivity index (χ2n) is 6.94. The monoisotopic (exact) mass is 371 g/mol. The summed E-state index contributed by atoms with van der Waals surface area (Å²) in [5, 5.41) is 2.74. The average molecular weight is 371 g/mol. The SMILES string of the molecule is O=C1C[C@@H](c2ccc(F)cc2F)C2=C(C[C@H](c3ccc(F)cc3)CC2=O)N1. The van der Waals surface area contributed by atoms with Gasteiger partial charge in [-0.2, -0.15) is 0 Å². The number of allylic oxidation sites excluding steroid dienone is 2. The highest BCUT2D eigenvalue weighted by Gasteiger charge is 2.39. The molecule has 0 fully saturated rings. The number of benzene rings is 2. The normalized spacial score (nSPS) is 22.5. The summed E-state index contributed by atoms with van der Waals surface area (Å²) in [7, 11) is 0. The van der Waals surface area contributed by atoms with Gasteiger partial charge >= 0.3 is 0 Å². The van der Waals surface area contributed by atoms with Crippen molar-refractivity contribution >= 4 is 11.7 Å². The minimum atomic E-state index is -0.769. The summed E-state index contributed by atoms with van der Waals surface area (Å²) in [5.74, 6) is -3.25. The van der Waals surface area contributed by atoms with Crippen LogP contribution in [0.5, 0.6) is 0 Å². The van der Waals surface area contributed by atoms with Crippen LogP contribution in [0.25, 0.3) is 0 Å². The molecule has 3 nitrogen and oxygen atoms in total. The topological polar surface area (TPSA) is 46.2 Å². The molecule has 1 aliphatic heterocycles. The molecule has 6 heteroatoms. The standard InChI is InChI=1S/C21H16F3NO2/c22-13-3-1-11(2-4-13)12-7-18-21(19(26)8-12)16(10-20(27)25-18)15-6-5-14(23)9-17(15)24/h1-6,9,12,16H,7-8,10H2,(H,25,27)/t12-,16-/m0/s1. The molecule has 27 heavy (non-hydrogen) atoms. The molecule has 2 aromatic carbocycles. The van der Waals surface area contributed by atoms with Crippen molar-refractivity contribution in [3.63, 3.8) is 0 Å². The van der Waals surface area contributed by atoms with Crippen LogP contribution in [0.3, 0.4) is 0 Å². The summed E-state index contributed by atoms with van der Waals surface area (Å²) in [6.45, 7) is 0. The highest BCUT2D eigenvalue weighted by atomic mass is 19.1. The molecule has 1 N–H and O–H groups in total. The molecule has 0 saturated heterocycles. The Morgan fingerprint density at radius 2 is 1.56 bits per heavy atom. The molecule has 2 aromatic rings. The van der Waals surface area contributed by atoms with Crippen LogP contribution in [0.4, 0.5) is 13.2 Å². The van der Waals surface area contributed by atoms with E-state index in [0.717, 1.165) is 17.7 Å². The fourth-order valence-electron chi connectivity index (χ4n) is 3.98. The van der Waals surface area contributed by atoms with Crippen molar-refractivity contribution in [3.8, 4) is 0 Å². The fraction of sp³-hybridized carbons (Fsp3) is 0.238. The van der Waals surface area contributed by atoms with Gasteiger partial charge in [-0.05, 0) is 41.7 Å². The van der Waals surface area contributed by atoms with Crippen LogP contribution in [0.15, 0.2) is 53.7 Å². The molecular formula is C21H16F3NO2. The van der Waals surface area contributed by atoms with Crippen molar-refractivity contribution in [2.45, 2.75) is 31.1 Å². The molecular weight excluding hydrogens is 355 g/mol. The lowest BCUT2D eigenvalue weighted by atomic mass is 9.73. The predicted molar refractivity (Wildman–Crippen MR) is 92.3 cm³/mol. The van der Waals surface area contributed by atoms with Crippen molar-refractivity contribution < 1.29 is 22.8 Å². The number of rotatable bonds is 2. The first-order chi connectivity index (χ1) is 12.9. The van der Waals surface area contributed by atoms with Crippen LogP contribution in [0, 0.1) is 17.5 Å². The van der Waals surface area contributed by atoms with Gasteiger partial charge in [0.25, 0.3) is 0 Å². The molecule has 1 heterocycles. The molecule has 1 amide bonds. The Hall–Kier alpha value is -2.89. The number of hydrogen-bond donors (Lipinski definition) is 1. The summed E-state index contributed by atoms with van der Waals surface area (Å²) < 4.78 is 40.7. The van der Waals surface area contributed by atoms with Gasteiger partial charge in [0.1, 0.15) is 17.5 Å². The highest BCUT2D eigenvalue weighted by molar-refractivity contribution is 6.02. The Kier molecular flexibility index (Phi) is 4.34. The highest BCUT2D eigenvalue weighted by Crippen LogP contribution is 2.43. The van der Waals surface area contributed by atoms with E-state index in [2.05, 4.69) is 5.32 Å². The van der Waals surface area contributed by atoms with E-state index in [1.54, 1.807) is 12.1 Å². The van der Waals surface area contributed by atoms with Crippen molar-refractivity contribution in [1.82, 2.24) is 5.32 Å². The van der Waals surface area contributed by atoms with E-state index in [1.807, 2.05) is 0 Å². The number of ketones is 1. The molecule has 4 rings (SSSR count). The molecule has 2 atom stereocenters. The minimum Gasteiger partial charge on any atom is -0.329 e. The lowest BCUT2D eigenvalue weighted by molar-refractivity contribution is -0.122. The van der Waals surface area contributed by atoms with Gasteiger partial charge in [-0.1, -0.05) is 18.2 Å². The number of Topliss-reactive ketones (excluding diaryl/α,β-unsaturated/α-hetero) is 1. The first kappa shape index (κ1) is 17.5. The maximum absolute atomic E-state index is 14.3. The molecule has 0 saturated carbocycles. The second-order valence-corrected chi connectivity index (χ2v) is 6.94. The molecule has 0 unspecified atom stereocenters. The second kappa shape index (κ2) is 6.68. The van der Waals surface area contributed by atoms with E-state index >= 15 is 0 Å². The lowest BCUT2D eigenvalue weighted by Crippen LogP contribution is -2.38. The Morgan fingerprint density at radius 3 is 2.26 bits per heavy atom.